The van der Waals surface area contributed by atoms with Gasteiger partial charge in [0.05, 0.1) is 18.0 Å². The second-order valence-electron chi connectivity index (χ2n) is 2.71. The number of aromatic carboxylic acids is 1. The van der Waals surface area contributed by atoms with Crippen LogP contribution in [0, 0.1) is 0 Å². The minimum atomic E-state index is -1.01. The number of aromatic amines is 1. The summed E-state index contributed by atoms with van der Waals surface area (Å²) in [4.78, 5) is 13.8. The normalized spacial score (nSPS) is 10.0. The second-order valence-corrected chi connectivity index (χ2v) is 2.71. The smallest absolute Gasteiger partial charge is 0.338 e. The molecule has 2 heterocycles. The van der Waals surface area contributed by atoms with Crippen LogP contribution in [-0.4, -0.2) is 26.3 Å². The number of carboxylic acid groups (broad SMARTS) is 1. The summed E-state index contributed by atoms with van der Waals surface area (Å²) in [7, 11) is 0. The van der Waals surface area contributed by atoms with Crippen LogP contribution in [0.3, 0.4) is 0 Å². The summed E-state index contributed by atoms with van der Waals surface area (Å²) in [6, 6.07) is 3.57. The molecule has 0 fully saturated rings. The zero-order valence-electron chi connectivity index (χ0n) is 7.14. The molecule has 2 N–H and O–H groups in total. The summed E-state index contributed by atoms with van der Waals surface area (Å²) < 4.78 is 0. The molecule has 0 bridgehead atoms. The molecule has 70 valence electrons. The fraction of sp³-hybridized carbons (Fsp3) is 0. The maximum Gasteiger partial charge on any atom is 0.338 e. The highest BCUT2D eigenvalue weighted by atomic mass is 16.4. The Balaban J connectivity index is 2.58. The molecule has 0 radical (unpaired) electrons. The number of hydrogen-bond acceptors (Lipinski definition) is 3. The highest BCUT2D eigenvalue weighted by Crippen LogP contribution is 2.19. The molecule has 0 aliphatic carbocycles. The number of nitrogens with one attached hydrogen (secondary N) is 1. The summed E-state index contributed by atoms with van der Waals surface area (Å²) in [5, 5.41) is 16.1. The summed E-state index contributed by atoms with van der Waals surface area (Å²) in [6.45, 7) is 0. The maximum absolute atomic E-state index is 10.8. The van der Waals surface area contributed by atoms with Gasteiger partial charge in [-0.1, -0.05) is 0 Å². The van der Waals surface area contributed by atoms with Gasteiger partial charge in [0.15, 0.2) is 0 Å². The van der Waals surface area contributed by atoms with E-state index in [9.17, 15) is 4.79 Å². The van der Waals surface area contributed by atoms with Crippen LogP contribution in [0.1, 0.15) is 10.4 Å². The Kier molecular flexibility index (Phi) is 1.98. The van der Waals surface area contributed by atoms with Gasteiger partial charge in [0.25, 0.3) is 0 Å². The third-order valence-electron chi connectivity index (χ3n) is 1.85. The first-order valence-electron chi connectivity index (χ1n) is 3.97. The Hall–Kier alpha value is -2.17. The van der Waals surface area contributed by atoms with Crippen LogP contribution in [0.5, 0.6) is 0 Å². The SMILES string of the molecule is O=C(O)c1cnncc1-c1ccc[nH]1. The molecule has 0 atom stereocenters. The first-order valence-corrected chi connectivity index (χ1v) is 3.97. The predicted octanol–water partition coefficient (Wildman–Crippen LogP) is 1.17. The third-order valence-corrected chi connectivity index (χ3v) is 1.85. The van der Waals surface area contributed by atoms with E-state index in [0.29, 0.717) is 5.56 Å². The molecular formula is C9H7N3O2. The van der Waals surface area contributed by atoms with E-state index in [1.807, 2.05) is 0 Å². The van der Waals surface area contributed by atoms with Crippen LogP contribution >= 0.6 is 0 Å². The van der Waals surface area contributed by atoms with E-state index in [4.69, 9.17) is 5.11 Å². The van der Waals surface area contributed by atoms with Crippen molar-refractivity contribution in [3.63, 3.8) is 0 Å². The third kappa shape index (κ3) is 1.35. The van der Waals surface area contributed by atoms with E-state index in [-0.39, 0.29) is 5.56 Å². The van der Waals surface area contributed by atoms with Crippen LogP contribution in [0.4, 0.5) is 0 Å². The van der Waals surface area contributed by atoms with E-state index in [1.54, 1.807) is 18.3 Å². The van der Waals surface area contributed by atoms with Gasteiger partial charge in [0, 0.05) is 17.5 Å². The Morgan fingerprint density at radius 2 is 2.14 bits per heavy atom. The fourth-order valence-electron chi connectivity index (χ4n) is 1.20. The van der Waals surface area contributed by atoms with Gasteiger partial charge in [-0.3, -0.25) is 0 Å². The molecular weight excluding hydrogens is 182 g/mol. The van der Waals surface area contributed by atoms with Gasteiger partial charge in [-0.05, 0) is 12.1 Å². The van der Waals surface area contributed by atoms with Crippen molar-refractivity contribution in [3.05, 3.63) is 36.3 Å². The number of nitrogens with zero attached hydrogens (tertiary/aromatic N) is 2. The molecule has 2 rings (SSSR count). The van der Waals surface area contributed by atoms with Crippen LogP contribution < -0.4 is 0 Å². The summed E-state index contributed by atoms with van der Waals surface area (Å²) in [5.74, 6) is -1.01. The zero-order chi connectivity index (χ0) is 9.97. The predicted molar refractivity (Wildman–Crippen MR) is 48.8 cm³/mol. The van der Waals surface area contributed by atoms with Crippen molar-refractivity contribution < 1.29 is 9.90 Å². The first-order chi connectivity index (χ1) is 6.79. The molecule has 2 aromatic rings. The van der Waals surface area contributed by atoms with E-state index >= 15 is 0 Å². The number of H-pyrrole nitrogens is 1. The van der Waals surface area contributed by atoms with Gasteiger partial charge in [0.1, 0.15) is 0 Å². The van der Waals surface area contributed by atoms with E-state index in [2.05, 4.69) is 15.2 Å². The minimum Gasteiger partial charge on any atom is -0.478 e. The number of rotatable bonds is 2. The summed E-state index contributed by atoms with van der Waals surface area (Å²) >= 11 is 0. The lowest BCUT2D eigenvalue weighted by Crippen LogP contribution is -2.01. The molecule has 5 nitrogen and oxygen atoms in total. The quantitative estimate of drug-likeness (QED) is 0.743. The van der Waals surface area contributed by atoms with Crippen molar-refractivity contribution in [3.8, 4) is 11.3 Å². The monoisotopic (exact) mass is 189 g/mol. The average molecular weight is 189 g/mol. The van der Waals surface area contributed by atoms with Crippen LogP contribution in [0.25, 0.3) is 11.3 Å². The average Bonchev–Trinajstić information content (AvgIpc) is 2.70. The highest BCUT2D eigenvalue weighted by Gasteiger charge is 2.12. The Labute approximate surface area is 79.4 Å². The number of aromatic nitrogens is 3. The summed E-state index contributed by atoms with van der Waals surface area (Å²) in [6.07, 6.45) is 4.38. The Bertz CT molecular complexity index is 451. The lowest BCUT2D eigenvalue weighted by molar-refractivity contribution is 0.0697. The van der Waals surface area contributed by atoms with Gasteiger partial charge in [0.2, 0.25) is 0 Å². The maximum atomic E-state index is 10.8. The molecule has 0 spiro atoms. The van der Waals surface area contributed by atoms with Crippen LogP contribution in [-0.2, 0) is 0 Å². The molecule has 0 aliphatic rings. The number of carbonyl (C=O) groups is 1. The van der Waals surface area contributed by atoms with Gasteiger partial charge in [-0.25, -0.2) is 4.79 Å². The fourth-order valence-corrected chi connectivity index (χ4v) is 1.20. The van der Waals surface area contributed by atoms with Crippen LogP contribution in [0.15, 0.2) is 30.7 Å². The van der Waals surface area contributed by atoms with Crippen molar-refractivity contribution in [1.82, 2.24) is 15.2 Å². The van der Waals surface area contributed by atoms with Gasteiger partial charge in [-0.15, -0.1) is 0 Å². The van der Waals surface area contributed by atoms with Crippen molar-refractivity contribution in [2.75, 3.05) is 0 Å². The van der Waals surface area contributed by atoms with Gasteiger partial charge in [-0.2, -0.15) is 10.2 Å². The largest absolute Gasteiger partial charge is 0.478 e. The van der Waals surface area contributed by atoms with Gasteiger partial charge < -0.3 is 10.1 Å². The molecule has 14 heavy (non-hydrogen) atoms. The van der Waals surface area contributed by atoms with Crippen LogP contribution in [0.2, 0.25) is 0 Å². The Morgan fingerprint density at radius 1 is 1.36 bits per heavy atom. The summed E-state index contributed by atoms with van der Waals surface area (Å²) in [5.41, 5.74) is 1.40. The molecule has 0 unspecified atom stereocenters. The minimum absolute atomic E-state index is 0.141. The molecule has 0 saturated heterocycles. The zero-order valence-corrected chi connectivity index (χ0v) is 7.14. The second kappa shape index (κ2) is 3.29. The van der Waals surface area contributed by atoms with E-state index < -0.39 is 5.97 Å². The number of hydrogen-bond donors (Lipinski definition) is 2. The molecule has 5 heteroatoms. The molecule has 0 saturated carbocycles. The van der Waals surface area contributed by atoms with E-state index in [0.717, 1.165) is 5.69 Å². The molecule has 0 aromatic carbocycles. The standard InChI is InChI=1S/C9H7N3O2/c13-9(14)7-5-12-11-4-6(7)8-2-1-3-10-8/h1-5,10H,(H,13,14). The highest BCUT2D eigenvalue weighted by molar-refractivity contribution is 5.94. The topological polar surface area (TPSA) is 78.9 Å². The van der Waals surface area contributed by atoms with E-state index in [1.165, 1.54) is 12.4 Å². The lowest BCUT2D eigenvalue weighted by atomic mass is 10.1. The first kappa shape index (κ1) is 8.43. The molecule has 0 aliphatic heterocycles. The van der Waals surface area contributed by atoms with Gasteiger partial charge >= 0.3 is 5.97 Å². The molecule has 2 aromatic heterocycles. The Morgan fingerprint density at radius 3 is 2.79 bits per heavy atom. The number of carboxylic acids is 1. The lowest BCUT2D eigenvalue weighted by Gasteiger charge is -2.00. The molecule has 0 amide bonds. The van der Waals surface area contributed by atoms with Crippen molar-refractivity contribution >= 4 is 5.97 Å². The van der Waals surface area contributed by atoms with Crippen molar-refractivity contribution in [1.29, 1.82) is 0 Å². The van der Waals surface area contributed by atoms with Crippen molar-refractivity contribution in [2.45, 2.75) is 0 Å². The van der Waals surface area contributed by atoms with Crippen molar-refractivity contribution in [2.24, 2.45) is 0 Å².